The van der Waals surface area contributed by atoms with Crippen molar-refractivity contribution >= 4 is 0 Å². The van der Waals surface area contributed by atoms with Gasteiger partial charge in [-0.2, -0.15) is 0 Å². The van der Waals surface area contributed by atoms with Crippen LogP contribution in [0.15, 0.2) is 91.1 Å². The first kappa shape index (κ1) is 32.6. The molecule has 0 aliphatic carbocycles. The van der Waals surface area contributed by atoms with Crippen molar-refractivity contribution in [2.75, 3.05) is 21.3 Å². The molecular weight excluding hydrogens is 570 g/mol. The van der Waals surface area contributed by atoms with Crippen LogP contribution in [0.1, 0.15) is 37.5 Å². The van der Waals surface area contributed by atoms with E-state index >= 15 is 0 Å². The van der Waals surface area contributed by atoms with E-state index in [2.05, 4.69) is 34.7 Å². The van der Waals surface area contributed by atoms with Crippen molar-refractivity contribution in [3.8, 4) is 52.5 Å². The summed E-state index contributed by atoms with van der Waals surface area (Å²) in [4.78, 5) is 13.5. The highest BCUT2D eigenvalue weighted by Gasteiger charge is 2.18. The van der Waals surface area contributed by atoms with E-state index < -0.39 is 0 Å². The minimum absolute atomic E-state index is 0.0203. The number of allylic oxidation sites excluding steroid dienone is 3. The lowest BCUT2D eigenvalue weighted by Gasteiger charge is -2.15. The molecule has 1 aromatic heterocycles. The summed E-state index contributed by atoms with van der Waals surface area (Å²) < 4.78 is 35.0. The maximum atomic E-state index is 6.24. The van der Waals surface area contributed by atoms with E-state index in [-0.39, 0.29) is 18.0 Å². The lowest BCUT2D eigenvalue weighted by atomic mass is 10.1. The van der Waals surface area contributed by atoms with Gasteiger partial charge in [0.2, 0.25) is 0 Å². The fourth-order valence-electron chi connectivity index (χ4n) is 4.49. The van der Waals surface area contributed by atoms with E-state index in [1.165, 1.54) is 0 Å². The van der Waals surface area contributed by atoms with Crippen LogP contribution in [0.5, 0.6) is 52.5 Å². The molecular formula is C36H39N3O6. The van der Waals surface area contributed by atoms with Crippen LogP contribution in [0.25, 0.3) is 0 Å². The standard InChI is InChI=1S/C36H39N3O6/c1-22(2)16-25-19-28(40-7)10-13-31(25)43-34-37-35(44-32-14-11-29(41-8)20-26(32)17-23(3)4)39-36(38-34)45-33-15-12-30(42-9)21-27(33)18-24(5)6/h10-15,19-21H,1,3,5,16-18H2,2,4,6-9H3. The summed E-state index contributed by atoms with van der Waals surface area (Å²) in [5, 5.41) is 0. The molecule has 0 amide bonds. The Morgan fingerprint density at radius 2 is 0.756 bits per heavy atom. The Kier molecular flexibility index (Phi) is 10.8. The minimum atomic E-state index is -0.0203. The van der Waals surface area contributed by atoms with Crippen molar-refractivity contribution in [3.63, 3.8) is 0 Å². The fourth-order valence-corrected chi connectivity index (χ4v) is 4.49. The molecule has 234 valence electrons. The zero-order valence-electron chi connectivity index (χ0n) is 26.7. The summed E-state index contributed by atoms with van der Waals surface area (Å²) in [7, 11) is 4.84. The smallest absolute Gasteiger partial charge is 0.331 e. The van der Waals surface area contributed by atoms with Gasteiger partial charge in [-0.15, -0.1) is 15.0 Å². The molecule has 0 aliphatic rings. The average molecular weight is 610 g/mol. The number of hydrogen-bond acceptors (Lipinski definition) is 9. The van der Waals surface area contributed by atoms with Crippen molar-refractivity contribution in [2.24, 2.45) is 0 Å². The van der Waals surface area contributed by atoms with Gasteiger partial charge in [-0.25, -0.2) is 0 Å². The summed E-state index contributed by atoms with van der Waals surface area (Å²) in [6, 6.07) is 16.4. The van der Waals surface area contributed by atoms with Gasteiger partial charge in [0.25, 0.3) is 0 Å². The average Bonchev–Trinajstić information content (AvgIpc) is 2.99. The number of ether oxygens (including phenoxy) is 6. The quantitative estimate of drug-likeness (QED) is 0.123. The van der Waals surface area contributed by atoms with Crippen molar-refractivity contribution < 1.29 is 28.4 Å². The largest absolute Gasteiger partial charge is 0.497 e. The van der Waals surface area contributed by atoms with Crippen LogP contribution in [0, 0.1) is 0 Å². The number of benzene rings is 3. The van der Waals surface area contributed by atoms with E-state index in [1.54, 1.807) is 57.7 Å². The molecule has 4 rings (SSSR count). The van der Waals surface area contributed by atoms with E-state index in [1.807, 2.05) is 39.0 Å². The van der Waals surface area contributed by atoms with Gasteiger partial charge in [0.05, 0.1) is 21.3 Å². The normalized spacial score (nSPS) is 10.5. The molecule has 0 saturated carbocycles. The van der Waals surface area contributed by atoms with Gasteiger partial charge >= 0.3 is 18.0 Å². The van der Waals surface area contributed by atoms with Gasteiger partial charge in [0.15, 0.2) is 0 Å². The second kappa shape index (κ2) is 14.9. The van der Waals surface area contributed by atoms with Gasteiger partial charge < -0.3 is 28.4 Å². The number of rotatable bonds is 15. The van der Waals surface area contributed by atoms with Gasteiger partial charge in [-0.1, -0.05) is 36.5 Å². The van der Waals surface area contributed by atoms with E-state index in [4.69, 9.17) is 28.4 Å². The molecule has 0 saturated heterocycles. The van der Waals surface area contributed by atoms with E-state index in [0.717, 1.165) is 33.4 Å². The molecule has 3 aromatic carbocycles. The summed E-state index contributed by atoms with van der Waals surface area (Å²) in [6.45, 7) is 18.0. The van der Waals surface area contributed by atoms with Crippen molar-refractivity contribution in [3.05, 3.63) is 108 Å². The van der Waals surface area contributed by atoms with Crippen LogP contribution in [0.2, 0.25) is 0 Å². The monoisotopic (exact) mass is 609 g/mol. The van der Waals surface area contributed by atoms with Gasteiger partial charge in [-0.05, 0) is 94.6 Å². The van der Waals surface area contributed by atoms with E-state index in [0.29, 0.717) is 53.8 Å². The molecule has 9 nitrogen and oxygen atoms in total. The predicted molar refractivity (Wildman–Crippen MR) is 175 cm³/mol. The summed E-state index contributed by atoms with van der Waals surface area (Å²) in [5.41, 5.74) is 5.41. The zero-order chi connectivity index (χ0) is 32.5. The first-order valence-electron chi connectivity index (χ1n) is 14.3. The van der Waals surface area contributed by atoms with Gasteiger partial charge in [0, 0.05) is 16.7 Å². The molecule has 45 heavy (non-hydrogen) atoms. The topological polar surface area (TPSA) is 94.1 Å². The number of aromatic nitrogens is 3. The van der Waals surface area contributed by atoms with Gasteiger partial charge in [-0.3, -0.25) is 0 Å². The predicted octanol–water partition coefficient (Wildman–Crippen LogP) is 8.63. The highest BCUT2D eigenvalue weighted by atomic mass is 16.5. The Morgan fingerprint density at radius 1 is 0.489 bits per heavy atom. The Hall–Kier alpha value is -5.31. The number of methoxy groups -OCH3 is 3. The van der Waals surface area contributed by atoms with Gasteiger partial charge in [0.1, 0.15) is 34.5 Å². The molecule has 0 fully saturated rings. The molecule has 1 heterocycles. The molecule has 0 radical (unpaired) electrons. The highest BCUT2D eigenvalue weighted by Crippen LogP contribution is 2.35. The fraction of sp³-hybridized carbons (Fsp3) is 0.250. The SMILES string of the molecule is C=C(C)Cc1cc(OC)ccc1Oc1nc(Oc2ccc(OC)cc2CC(=C)C)nc(Oc2ccc(OC)cc2CC(=C)C)n1. The Morgan fingerprint density at radius 3 is 0.978 bits per heavy atom. The highest BCUT2D eigenvalue weighted by molar-refractivity contribution is 5.46. The number of hydrogen-bond donors (Lipinski definition) is 0. The lowest BCUT2D eigenvalue weighted by molar-refractivity contribution is 0.356. The van der Waals surface area contributed by atoms with Crippen LogP contribution in [0.3, 0.4) is 0 Å². The maximum absolute atomic E-state index is 6.24. The Balaban J connectivity index is 1.79. The summed E-state index contributed by atoms with van der Waals surface area (Å²) in [6.07, 6.45) is 1.70. The van der Waals surface area contributed by atoms with Crippen LogP contribution in [-0.4, -0.2) is 36.3 Å². The third-order valence-corrected chi connectivity index (χ3v) is 6.46. The zero-order valence-corrected chi connectivity index (χ0v) is 26.7. The second-order valence-corrected chi connectivity index (χ2v) is 10.8. The summed E-state index contributed by atoms with van der Waals surface area (Å²) in [5.74, 6) is 3.66. The molecule has 0 spiro atoms. The molecule has 4 aromatic rings. The van der Waals surface area contributed by atoms with Crippen LogP contribution < -0.4 is 28.4 Å². The number of nitrogens with zero attached hydrogens (tertiary/aromatic N) is 3. The van der Waals surface area contributed by atoms with Crippen molar-refractivity contribution in [2.45, 2.75) is 40.0 Å². The first-order chi connectivity index (χ1) is 21.6. The Labute approximate surface area is 264 Å². The Bertz CT molecular complexity index is 1500. The minimum Gasteiger partial charge on any atom is -0.497 e. The molecule has 0 bridgehead atoms. The third-order valence-electron chi connectivity index (χ3n) is 6.46. The molecule has 9 heteroatoms. The van der Waals surface area contributed by atoms with Crippen molar-refractivity contribution in [1.29, 1.82) is 0 Å². The molecule has 0 N–H and O–H groups in total. The van der Waals surface area contributed by atoms with Crippen LogP contribution in [-0.2, 0) is 19.3 Å². The van der Waals surface area contributed by atoms with Crippen molar-refractivity contribution in [1.82, 2.24) is 15.0 Å². The molecule has 0 aliphatic heterocycles. The lowest BCUT2D eigenvalue weighted by Crippen LogP contribution is -2.04. The molecule has 0 unspecified atom stereocenters. The van der Waals surface area contributed by atoms with Crippen LogP contribution in [0.4, 0.5) is 0 Å². The third kappa shape index (κ3) is 9.09. The maximum Gasteiger partial charge on any atom is 0.331 e. The summed E-state index contributed by atoms with van der Waals surface area (Å²) >= 11 is 0. The van der Waals surface area contributed by atoms with E-state index in [9.17, 15) is 0 Å². The van der Waals surface area contributed by atoms with Crippen LogP contribution >= 0.6 is 0 Å². The molecule has 0 atom stereocenters. The second-order valence-electron chi connectivity index (χ2n) is 10.8. The first-order valence-corrected chi connectivity index (χ1v) is 14.3.